The number of aliphatic hydroxyl groups is 2. The summed E-state index contributed by atoms with van der Waals surface area (Å²) in [5.41, 5.74) is 1.19. The zero-order chi connectivity index (χ0) is 10.1. The van der Waals surface area contributed by atoms with Crippen LogP contribution in [0.3, 0.4) is 0 Å². The van der Waals surface area contributed by atoms with Crippen molar-refractivity contribution in [2.45, 2.75) is 39.4 Å². The maximum Gasteiger partial charge on any atom is 0.102 e. The van der Waals surface area contributed by atoms with E-state index in [4.69, 9.17) is 0 Å². The lowest BCUT2D eigenvalue weighted by Gasteiger charge is -2.28. The minimum absolute atomic E-state index is 0.0810. The summed E-state index contributed by atoms with van der Waals surface area (Å²) in [4.78, 5) is 0. The second kappa shape index (κ2) is 3.64. The summed E-state index contributed by atoms with van der Waals surface area (Å²) >= 11 is 0. The van der Waals surface area contributed by atoms with Crippen LogP contribution in [0.5, 0.6) is 0 Å². The van der Waals surface area contributed by atoms with E-state index in [1.54, 1.807) is 12.2 Å². The van der Waals surface area contributed by atoms with Crippen LogP contribution in [-0.2, 0) is 0 Å². The molecular weight excluding hydrogens is 164 g/mol. The Labute approximate surface area is 79.6 Å². The van der Waals surface area contributed by atoms with E-state index in [-0.39, 0.29) is 5.41 Å². The number of hydrogen-bond acceptors (Lipinski definition) is 2. The number of hydrogen-bond donors (Lipinski definition) is 2. The molecule has 1 aliphatic carbocycles. The van der Waals surface area contributed by atoms with Crippen LogP contribution in [0.4, 0.5) is 0 Å². The molecule has 0 spiro atoms. The zero-order valence-corrected chi connectivity index (χ0v) is 8.49. The fourth-order valence-corrected chi connectivity index (χ4v) is 1.31. The molecule has 2 nitrogen and oxygen atoms in total. The molecule has 0 aromatic carbocycles. The van der Waals surface area contributed by atoms with Gasteiger partial charge in [0, 0.05) is 0 Å². The van der Waals surface area contributed by atoms with E-state index in [1.165, 1.54) is 0 Å². The molecule has 0 saturated heterocycles. The second-order valence-corrected chi connectivity index (χ2v) is 4.20. The van der Waals surface area contributed by atoms with Gasteiger partial charge < -0.3 is 10.2 Å². The Bertz CT molecular complexity index is 238. The molecule has 2 N–H and O–H groups in total. The highest BCUT2D eigenvalue weighted by Gasteiger charge is 2.24. The van der Waals surface area contributed by atoms with Gasteiger partial charge in [-0.3, -0.25) is 0 Å². The van der Waals surface area contributed by atoms with Crippen LogP contribution >= 0.6 is 0 Å². The van der Waals surface area contributed by atoms with Crippen molar-refractivity contribution < 1.29 is 10.2 Å². The summed E-state index contributed by atoms with van der Waals surface area (Å²) in [5, 5.41) is 18.7. The third-order valence-corrected chi connectivity index (χ3v) is 2.84. The van der Waals surface area contributed by atoms with E-state index < -0.39 is 12.2 Å². The van der Waals surface area contributed by atoms with Crippen molar-refractivity contribution in [3.05, 3.63) is 23.8 Å². The van der Waals surface area contributed by atoms with Crippen molar-refractivity contribution in [2.75, 3.05) is 0 Å². The van der Waals surface area contributed by atoms with Gasteiger partial charge in [-0.25, -0.2) is 0 Å². The third-order valence-electron chi connectivity index (χ3n) is 2.84. The SMILES string of the molecule is CCC(C)(C)C1=C[C@H](O)C(O)C=C1. The highest BCUT2D eigenvalue weighted by Crippen LogP contribution is 2.33. The first kappa shape index (κ1) is 10.5. The predicted molar refractivity (Wildman–Crippen MR) is 53.3 cm³/mol. The van der Waals surface area contributed by atoms with Crippen LogP contribution in [0.15, 0.2) is 23.8 Å². The van der Waals surface area contributed by atoms with Crippen molar-refractivity contribution in [1.29, 1.82) is 0 Å². The van der Waals surface area contributed by atoms with E-state index in [0.29, 0.717) is 0 Å². The number of aliphatic hydroxyl groups excluding tert-OH is 2. The second-order valence-electron chi connectivity index (χ2n) is 4.20. The molecule has 13 heavy (non-hydrogen) atoms. The summed E-state index contributed by atoms with van der Waals surface area (Å²) in [5.74, 6) is 0. The Morgan fingerprint density at radius 3 is 2.38 bits per heavy atom. The van der Waals surface area contributed by atoms with Crippen LogP contribution in [-0.4, -0.2) is 22.4 Å². The van der Waals surface area contributed by atoms with E-state index in [2.05, 4.69) is 20.8 Å². The Morgan fingerprint density at radius 1 is 1.31 bits per heavy atom. The highest BCUT2D eigenvalue weighted by atomic mass is 16.3. The first-order valence-corrected chi connectivity index (χ1v) is 4.74. The van der Waals surface area contributed by atoms with Gasteiger partial charge in [-0.1, -0.05) is 32.9 Å². The third kappa shape index (κ3) is 2.20. The molecule has 2 heteroatoms. The smallest absolute Gasteiger partial charge is 0.102 e. The largest absolute Gasteiger partial charge is 0.386 e. The van der Waals surface area contributed by atoms with Crippen LogP contribution in [0.1, 0.15) is 27.2 Å². The molecule has 0 bridgehead atoms. The summed E-state index contributed by atoms with van der Waals surface area (Å²) in [6, 6.07) is 0. The lowest BCUT2D eigenvalue weighted by Crippen LogP contribution is -2.27. The van der Waals surface area contributed by atoms with Gasteiger partial charge in [-0.05, 0) is 23.5 Å². The molecule has 2 atom stereocenters. The van der Waals surface area contributed by atoms with Gasteiger partial charge in [0.2, 0.25) is 0 Å². The molecule has 0 aliphatic heterocycles. The lowest BCUT2D eigenvalue weighted by molar-refractivity contribution is 0.0774. The van der Waals surface area contributed by atoms with Crippen molar-refractivity contribution in [1.82, 2.24) is 0 Å². The normalized spacial score (nSPS) is 28.8. The van der Waals surface area contributed by atoms with Gasteiger partial charge in [-0.15, -0.1) is 0 Å². The Balaban J connectivity index is 2.84. The number of rotatable bonds is 2. The highest BCUT2D eigenvalue weighted by molar-refractivity contribution is 5.31. The van der Waals surface area contributed by atoms with Crippen LogP contribution in [0, 0.1) is 5.41 Å². The van der Waals surface area contributed by atoms with Gasteiger partial charge in [0.1, 0.15) is 12.2 Å². The van der Waals surface area contributed by atoms with E-state index >= 15 is 0 Å². The van der Waals surface area contributed by atoms with Crippen LogP contribution in [0.2, 0.25) is 0 Å². The average molecular weight is 182 g/mol. The first-order chi connectivity index (χ1) is 5.97. The molecule has 0 heterocycles. The average Bonchev–Trinajstić information content (AvgIpc) is 2.09. The van der Waals surface area contributed by atoms with Gasteiger partial charge in [0.05, 0.1) is 0 Å². The van der Waals surface area contributed by atoms with Crippen molar-refractivity contribution >= 4 is 0 Å². The fourth-order valence-electron chi connectivity index (χ4n) is 1.31. The molecule has 1 unspecified atom stereocenters. The maximum atomic E-state index is 9.43. The maximum absolute atomic E-state index is 9.43. The van der Waals surface area contributed by atoms with E-state index in [1.807, 2.05) is 6.08 Å². The van der Waals surface area contributed by atoms with Crippen molar-refractivity contribution in [2.24, 2.45) is 5.41 Å². The van der Waals surface area contributed by atoms with Gasteiger partial charge in [-0.2, -0.15) is 0 Å². The summed E-state index contributed by atoms with van der Waals surface area (Å²) in [6.45, 7) is 6.38. The molecule has 0 amide bonds. The van der Waals surface area contributed by atoms with Crippen LogP contribution < -0.4 is 0 Å². The summed E-state index contributed by atoms with van der Waals surface area (Å²) < 4.78 is 0. The zero-order valence-electron chi connectivity index (χ0n) is 8.49. The quantitative estimate of drug-likeness (QED) is 0.681. The van der Waals surface area contributed by atoms with Crippen molar-refractivity contribution in [3.63, 3.8) is 0 Å². The van der Waals surface area contributed by atoms with Crippen molar-refractivity contribution in [3.8, 4) is 0 Å². The number of allylic oxidation sites excluding steroid dienone is 2. The van der Waals surface area contributed by atoms with E-state index in [0.717, 1.165) is 12.0 Å². The van der Waals surface area contributed by atoms with E-state index in [9.17, 15) is 10.2 Å². The molecule has 1 aliphatic rings. The Hall–Kier alpha value is -0.600. The Kier molecular flexibility index (Phi) is 2.94. The van der Waals surface area contributed by atoms with Gasteiger partial charge in [0.15, 0.2) is 0 Å². The standard InChI is InChI=1S/C11H18O2/c1-4-11(2,3)8-5-6-9(12)10(13)7-8/h5-7,9-10,12-13H,4H2,1-3H3/t9?,10-/m0/s1. The lowest BCUT2D eigenvalue weighted by atomic mass is 9.79. The molecule has 0 radical (unpaired) electrons. The topological polar surface area (TPSA) is 40.5 Å². The molecule has 1 rings (SSSR count). The predicted octanol–water partition coefficient (Wildman–Crippen LogP) is 1.64. The fraction of sp³-hybridized carbons (Fsp3) is 0.636. The molecule has 0 saturated carbocycles. The molecule has 0 aromatic heterocycles. The first-order valence-electron chi connectivity index (χ1n) is 4.74. The Morgan fingerprint density at radius 2 is 1.92 bits per heavy atom. The monoisotopic (exact) mass is 182 g/mol. The molecule has 74 valence electrons. The molecule has 0 aromatic rings. The molecular formula is C11H18O2. The van der Waals surface area contributed by atoms with Gasteiger partial charge in [0.25, 0.3) is 0 Å². The molecule has 0 fully saturated rings. The summed E-state index contributed by atoms with van der Waals surface area (Å²) in [6.07, 6.45) is 4.83. The minimum Gasteiger partial charge on any atom is -0.386 e. The summed E-state index contributed by atoms with van der Waals surface area (Å²) in [7, 11) is 0. The van der Waals surface area contributed by atoms with Crippen LogP contribution in [0.25, 0.3) is 0 Å². The van der Waals surface area contributed by atoms with Gasteiger partial charge >= 0.3 is 0 Å². The minimum atomic E-state index is -0.745.